The highest BCUT2D eigenvalue weighted by molar-refractivity contribution is 6.05. The van der Waals surface area contributed by atoms with Crippen LogP contribution in [-0.2, 0) is 11.3 Å². The molecule has 0 aliphatic carbocycles. The number of pyridine rings is 1. The van der Waals surface area contributed by atoms with E-state index >= 15 is 0 Å². The van der Waals surface area contributed by atoms with Crippen molar-refractivity contribution in [1.29, 1.82) is 0 Å². The van der Waals surface area contributed by atoms with Crippen LogP contribution < -0.4 is 20.9 Å². The van der Waals surface area contributed by atoms with Gasteiger partial charge in [-0.3, -0.25) is 9.20 Å². The molecular formula is C25H22N4O5. The first kappa shape index (κ1) is 22.5. The molecule has 0 saturated heterocycles. The maximum absolute atomic E-state index is 12.5. The Labute approximate surface area is 195 Å². The molecule has 0 aliphatic rings. The lowest BCUT2D eigenvalue weighted by Crippen LogP contribution is -2.21. The first-order valence-corrected chi connectivity index (χ1v) is 10.4. The number of esters is 1. The summed E-state index contributed by atoms with van der Waals surface area (Å²) in [5.41, 5.74) is 2.81. The first-order chi connectivity index (χ1) is 16.4. The zero-order chi connectivity index (χ0) is 24.1. The highest BCUT2D eigenvalue weighted by Crippen LogP contribution is 2.20. The van der Waals surface area contributed by atoms with E-state index in [9.17, 15) is 14.4 Å². The molecule has 34 heavy (non-hydrogen) atoms. The SMILES string of the molecule is COC(=O)c1ccccc1NC(=O)Nc1cccc(OCc2cc(=O)n3cccc(C)c3n2)c1. The fourth-order valence-corrected chi connectivity index (χ4v) is 3.37. The normalized spacial score (nSPS) is 10.5. The molecule has 9 nitrogen and oxygen atoms in total. The number of ether oxygens (including phenoxy) is 2. The van der Waals surface area contributed by atoms with Gasteiger partial charge in [0, 0.05) is 24.0 Å². The number of hydrogen-bond acceptors (Lipinski definition) is 6. The van der Waals surface area contributed by atoms with Crippen LogP contribution in [0.1, 0.15) is 21.6 Å². The molecule has 0 saturated carbocycles. The lowest BCUT2D eigenvalue weighted by molar-refractivity contribution is 0.0602. The predicted octanol–water partition coefficient (Wildman–Crippen LogP) is 4.01. The number of benzene rings is 2. The molecular weight excluding hydrogens is 436 g/mol. The second-order valence-electron chi connectivity index (χ2n) is 7.40. The van der Waals surface area contributed by atoms with Crippen LogP contribution in [0.15, 0.2) is 77.7 Å². The number of methoxy groups -OCH3 is 1. The lowest BCUT2D eigenvalue weighted by Gasteiger charge is -2.12. The molecule has 2 aromatic heterocycles. The van der Waals surface area contributed by atoms with Crippen LogP contribution in [0, 0.1) is 6.92 Å². The third kappa shape index (κ3) is 5.04. The quantitative estimate of drug-likeness (QED) is 0.422. The number of urea groups is 1. The Bertz CT molecular complexity index is 1430. The van der Waals surface area contributed by atoms with Crippen LogP contribution in [0.4, 0.5) is 16.2 Å². The fourth-order valence-electron chi connectivity index (χ4n) is 3.37. The Morgan fingerprint density at radius 1 is 1.00 bits per heavy atom. The van der Waals surface area contributed by atoms with Crippen LogP contribution in [0.2, 0.25) is 0 Å². The zero-order valence-corrected chi connectivity index (χ0v) is 18.6. The van der Waals surface area contributed by atoms with Crippen LogP contribution >= 0.6 is 0 Å². The third-order valence-electron chi connectivity index (χ3n) is 5.00. The van der Waals surface area contributed by atoms with Crippen LogP contribution in [0.3, 0.4) is 0 Å². The molecule has 4 aromatic rings. The predicted molar refractivity (Wildman–Crippen MR) is 127 cm³/mol. The van der Waals surface area contributed by atoms with E-state index in [2.05, 4.69) is 15.6 Å². The van der Waals surface area contributed by atoms with Gasteiger partial charge in [-0.25, -0.2) is 14.6 Å². The van der Waals surface area contributed by atoms with Crippen molar-refractivity contribution in [3.63, 3.8) is 0 Å². The van der Waals surface area contributed by atoms with Gasteiger partial charge in [-0.05, 0) is 42.8 Å². The van der Waals surface area contributed by atoms with Crippen LogP contribution in [0.25, 0.3) is 5.65 Å². The average Bonchev–Trinajstić information content (AvgIpc) is 2.83. The number of nitrogens with zero attached hydrogens (tertiary/aromatic N) is 2. The van der Waals surface area contributed by atoms with Crippen molar-refractivity contribution in [3.05, 3.63) is 100 Å². The highest BCUT2D eigenvalue weighted by atomic mass is 16.5. The molecule has 0 fully saturated rings. The zero-order valence-electron chi connectivity index (χ0n) is 18.6. The number of aromatic nitrogens is 2. The summed E-state index contributed by atoms with van der Waals surface area (Å²) < 4.78 is 12.0. The Morgan fingerprint density at radius 2 is 1.82 bits per heavy atom. The van der Waals surface area contributed by atoms with E-state index < -0.39 is 12.0 Å². The Morgan fingerprint density at radius 3 is 2.65 bits per heavy atom. The van der Waals surface area contributed by atoms with Gasteiger partial charge < -0.3 is 20.1 Å². The number of anilines is 2. The maximum Gasteiger partial charge on any atom is 0.339 e. The summed E-state index contributed by atoms with van der Waals surface area (Å²) in [5.74, 6) is -0.0667. The van der Waals surface area contributed by atoms with Crippen molar-refractivity contribution >= 4 is 29.0 Å². The third-order valence-corrected chi connectivity index (χ3v) is 5.00. The average molecular weight is 458 g/mol. The minimum atomic E-state index is -0.552. The number of rotatable bonds is 6. The number of aryl methyl sites for hydroxylation is 1. The minimum absolute atomic E-state index is 0.0855. The van der Waals surface area contributed by atoms with Crippen molar-refractivity contribution < 1.29 is 19.1 Å². The van der Waals surface area contributed by atoms with Crippen LogP contribution in [-0.4, -0.2) is 28.5 Å². The molecule has 172 valence electrons. The topological polar surface area (TPSA) is 111 Å². The summed E-state index contributed by atoms with van der Waals surface area (Å²) >= 11 is 0. The molecule has 0 aliphatic heterocycles. The van der Waals surface area contributed by atoms with Gasteiger partial charge in [0.05, 0.1) is 24.1 Å². The summed E-state index contributed by atoms with van der Waals surface area (Å²) in [6, 6.07) is 17.9. The Kier molecular flexibility index (Phi) is 6.54. The largest absolute Gasteiger partial charge is 0.487 e. The Hall–Kier alpha value is -4.66. The van der Waals surface area contributed by atoms with Gasteiger partial charge in [-0.2, -0.15) is 0 Å². The van der Waals surface area contributed by atoms with E-state index in [-0.39, 0.29) is 17.7 Å². The van der Waals surface area contributed by atoms with E-state index in [1.807, 2.05) is 13.0 Å². The molecule has 2 aromatic carbocycles. The van der Waals surface area contributed by atoms with Gasteiger partial charge in [0.25, 0.3) is 5.56 Å². The molecule has 2 amide bonds. The first-order valence-electron chi connectivity index (χ1n) is 10.4. The highest BCUT2D eigenvalue weighted by Gasteiger charge is 2.13. The van der Waals surface area contributed by atoms with E-state index in [1.54, 1.807) is 60.8 Å². The number of carbonyl (C=O) groups is 2. The number of nitrogens with one attached hydrogen (secondary N) is 2. The number of amides is 2. The molecule has 9 heteroatoms. The second-order valence-corrected chi connectivity index (χ2v) is 7.40. The summed E-state index contributed by atoms with van der Waals surface area (Å²) in [6.45, 7) is 1.97. The van der Waals surface area contributed by atoms with Crippen LogP contribution in [0.5, 0.6) is 5.75 Å². The standard InChI is InChI=1S/C25H22N4O5/c1-16-7-6-12-29-22(30)14-18(26-23(16)29)15-34-19-9-5-8-17(13-19)27-25(32)28-21-11-4-3-10-20(21)24(31)33-2/h3-14H,15H2,1-2H3,(H2,27,28,32). The van der Waals surface area contributed by atoms with Gasteiger partial charge in [-0.15, -0.1) is 0 Å². The number of para-hydroxylation sites is 1. The number of hydrogen-bond donors (Lipinski definition) is 2. The summed E-state index contributed by atoms with van der Waals surface area (Å²) in [7, 11) is 1.27. The molecule has 0 unspecified atom stereocenters. The van der Waals surface area contributed by atoms with E-state index in [4.69, 9.17) is 9.47 Å². The van der Waals surface area contributed by atoms with Crippen molar-refractivity contribution in [2.45, 2.75) is 13.5 Å². The fraction of sp³-hybridized carbons (Fsp3) is 0.120. The molecule has 4 rings (SSSR count). The molecule has 0 spiro atoms. The monoisotopic (exact) mass is 458 g/mol. The van der Waals surface area contributed by atoms with Gasteiger partial charge >= 0.3 is 12.0 Å². The summed E-state index contributed by atoms with van der Waals surface area (Å²) in [5, 5.41) is 5.34. The van der Waals surface area contributed by atoms with Crippen molar-refractivity contribution in [3.8, 4) is 5.75 Å². The van der Waals surface area contributed by atoms with Crippen molar-refractivity contribution in [1.82, 2.24) is 9.38 Å². The molecule has 0 atom stereocenters. The summed E-state index contributed by atoms with van der Waals surface area (Å²) in [6.07, 6.45) is 1.67. The minimum Gasteiger partial charge on any atom is -0.487 e. The van der Waals surface area contributed by atoms with Crippen molar-refractivity contribution in [2.75, 3.05) is 17.7 Å². The smallest absolute Gasteiger partial charge is 0.339 e. The molecule has 2 N–H and O–H groups in total. The van der Waals surface area contributed by atoms with E-state index in [1.165, 1.54) is 17.6 Å². The lowest BCUT2D eigenvalue weighted by atomic mass is 10.2. The van der Waals surface area contributed by atoms with Crippen molar-refractivity contribution in [2.24, 2.45) is 0 Å². The molecule has 0 bridgehead atoms. The van der Waals surface area contributed by atoms with E-state index in [0.29, 0.717) is 28.5 Å². The van der Waals surface area contributed by atoms with Gasteiger partial charge in [0.2, 0.25) is 0 Å². The molecule has 0 radical (unpaired) electrons. The maximum atomic E-state index is 12.5. The Balaban J connectivity index is 1.43. The van der Waals surface area contributed by atoms with Gasteiger partial charge in [0.1, 0.15) is 18.0 Å². The number of carbonyl (C=O) groups excluding carboxylic acids is 2. The summed E-state index contributed by atoms with van der Waals surface area (Å²) in [4.78, 5) is 41.2. The van der Waals surface area contributed by atoms with Gasteiger partial charge in [-0.1, -0.05) is 24.3 Å². The van der Waals surface area contributed by atoms with E-state index in [0.717, 1.165) is 5.56 Å². The molecule has 2 heterocycles. The number of fused-ring (bicyclic) bond motifs is 1. The second kappa shape index (κ2) is 9.86. The van der Waals surface area contributed by atoms with Gasteiger partial charge in [0.15, 0.2) is 0 Å².